The van der Waals surface area contributed by atoms with E-state index >= 15 is 0 Å². The van der Waals surface area contributed by atoms with E-state index in [1.165, 1.54) is 5.56 Å². The van der Waals surface area contributed by atoms with Crippen LogP contribution >= 0.6 is 0 Å². The number of rotatable bonds is 5. The van der Waals surface area contributed by atoms with Gasteiger partial charge in [-0.3, -0.25) is 0 Å². The molecule has 1 fully saturated rings. The van der Waals surface area contributed by atoms with Gasteiger partial charge < -0.3 is 15.1 Å². The maximum atomic E-state index is 14.2. The maximum Gasteiger partial charge on any atom is 0.146 e. The molecule has 0 atom stereocenters. The third-order valence-electron chi connectivity index (χ3n) is 4.36. The lowest BCUT2D eigenvalue weighted by atomic mass is 10.1. The van der Waals surface area contributed by atoms with Crippen molar-refractivity contribution in [1.29, 1.82) is 0 Å². The Morgan fingerprint density at radius 1 is 0.913 bits per heavy atom. The summed E-state index contributed by atoms with van der Waals surface area (Å²) in [5, 5.41) is 3.43. The highest BCUT2D eigenvalue weighted by Gasteiger charge is 2.17. The molecule has 1 heterocycles. The summed E-state index contributed by atoms with van der Waals surface area (Å²) >= 11 is 0. The fourth-order valence-electron chi connectivity index (χ4n) is 2.90. The van der Waals surface area contributed by atoms with Crippen LogP contribution in [0.5, 0.6) is 0 Å². The molecule has 0 aliphatic carbocycles. The molecule has 0 radical (unpaired) electrons. The zero-order valence-electron chi connectivity index (χ0n) is 13.6. The van der Waals surface area contributed by atoms with E-state index in [1.54, 1.807) is 6.07 Å². The molecule has 4 heteroatoms. The highest BCUT2D eigenvalue weighted by molar-refractivity contribution is 5.50. The van der Waals surface area contributed by atoms with Crippen molar-refractivity contribution in [2.24, 2.45) is 0 Å². The normalized spacial score (nSPS) is 15.8. The van der Waals surface area contributed by atoms with Gasteiger partial charge >= 0.3 is 0 Å². The summed E-state index contributed by atoms with van der Waals surface area (Å²) in [5.74, 6) is -0.124. The second-order valence-corrected chi connectivity index (χ2v) is 6.17. The van der Waals surface area contributed by atoms with E-state index in [4.69, 9.17) is 0 Å². The summed E-state index contributed by atoms with van der Waals surface area (Å²) in [6.07, 6.45) is 0. The lowest BCUT2D eigenvalue weighted by Gasteiger charge is -2.34. The van der Waals surface area contributed by atoms with Crippen molar-refractivity contribution < 1.29 is 4.39 Å². The average Bonchev–Trinajstić information content (AvgIpc) is 2.58. The molecule has 0 spiro atoms. The Morgan fingerprint density at radius 3 is 2.35 bits per heavy atom. The molecule has 0 amide bonds. The Morgan fingerprint density at radius 2 is 1.61 bits per heavy atom. The Bertz CT molecular complexity index is 622. The molecule has 0 aromatic heterocycles. The van der Waals surface area contributed by atoms with Crippen LogP contribution in [0, 0.1) is 5.82 Å². The quantitative estimate of drug-likeness (QED) is 0.916. The predicted molar refractivity (Wildman–Crippen MR) is 93.1 cm³/mol. The van der Waals surface area contributed by atoms with Crippen LogP contribution in [0.4, 0.5) is 10.1 Å². The molecule has 0 unspecified atom stereocenters. The van der Waals surface area contributed by atoms with Gasteiger partial charge in [0.2, 0.25) is 0 Å². The van der Waals surface area contributed by atoms with Gasteiger partial charge in [-0.25, -0.2) is 4.39 Å². The average molecular weight is 313 g/mol. The first-order valence-electron chi connectivity index (χ1n) is 8.19. The second-order valence-electron chi connectivity index (χ2n) is 6.17. The summed E-state index contributed by atoms with van der Waals surface area (Å²) in [4.78, 5) is 4.43. The van der Waals surface area contributed by atoms with Crippen LogP contribution in [0.2, 0.25) is 0 Å². The minimum absolute atomic E-state index is 0.124. The van der Waals surface area contributed by atoms with Gasteiger partial charge in [-0.1, -0.05) is 36.4 Å². The number of piperazine rings is 1. The highest BCUT2D eigenvalue weighted by Crippen LogP contribution is 2.22. The van der Waals surface area contributed by atoms with Crippen molar-refractivity contribution >= 4 is 5.69 Å². The molecule has 23 heavy (non-hydrogen) atoms. The lowest BCUT2D eigenvalue weighted by molar-refractivity contribution is 0.311. The van der Waals surface area contributed by atoms with Crippen LogP contribution in [0.3, 0.4) is 0 Å². The first-order chi connectivity index (χ1) is 11.2. The number of anilines is 1. The van der Waals surface area contributed by atoms with Crippen molar-refractivity contribution in [3.63, 3.8) is 0 Å². The molecule has 3 nitrogen and oxygen atoms in total. The Balaban J connectivity index is 1.61. The molecular weight excluding hydrogens is 289 g/mol. The zero-order chi connectivity index (χ0) is 16.1. The van der Waals surface area contributed by atoms with Crippen LogP contribution in [-0.2, 0) is 13.1 Å². The number of hydrogen-bond acceptors (Lipinski definition) is 3. The summed E-state index contributed by atoms with van der Waals surface area (Å²) in [6.45, 7) is 5.30. The third-order valence-corrected chi connectivity index (χ3v) is 4.36. The van der Waals surface area contributed by atoms with E-state index in [0.717, 1.165) is 50.5 Å². The van der Waals surface area contributed by atoms with Gasteiger partial charge in [0.05, 0.1) is 5.69 Å². The van der Waals surface area contributed by atoms with E-state index in [0.29, 0.717) is 0 Å². The van der Waals surface area contributed by atoms with Gasteiger partial charge in [-0.05, 0) is 30.3 Å². The summed E-state index contributed by atoms with van der Waals surface area (Å²) in [6, 6.07) is 15.8. The molecule has 122 valence electrons. The van der Waals surface area contributed by atoms with Crippen LogP contribution in [0.1, 0.15) is 11.1 Å². The maximum absolute atomic E-state index is 14.2. The lowest BCUT2D eigenvalue weighted by Crippen LogP contribution is -2.44. The van der Waals surface area contributed by atoms with Gasteiger partial charge in [-0.2, -0.15) is 0 Å². The zero-order valence-corrected chi connectivity index (χ0v) is 13.6. The Labute approximate surface area is 137 Å². The van der Waals surface area contributed by atoms with Crippen LogP contribution < -0.4 is 10.2 Å². The SMILES string of the molecule is CN1CCN(c2cc(CNCc3ccccc3)ccc2F)CC1. The van der Waals surface area contributed by atoms with E-state index in [1.807, 2.05) is 30.3 Å². The smallest absolute Gasteiger partial charge is 0.146 e. The molecule has 3 rings (SSSR count). The Hall–Kier alpha value is -1.91. The number of likely N-dealkylation sites (N-methyl/N-ethyl adjacent to an activating group) is 1. The number of nitrogens with zero attached hydrogens (tertiary/aromatic N) is 2. The van der Waals surface area contributed by atoms with E-state index in [9.17, 15) is 4.39 Å². The summed E-state index contributed by atoms with van der Waals surface area (Å²) in [7, 11) is 2.11. The van der Waals surface area contributed by atoms with Crippen molar-refractivity contribution in [2.45, 2.75) is 13.1 Å². The largest absolute Gasteiger partial charge is 0.367 e. The second kappa shape index (κ2) is 7.57. The van der Waals surface area contributed by atoms with Crippen LogP contribution in [0.25, 0.3) is 0 Å². The van der Waals surface area contributed by atoms with Crippen molar-refractivity contribution in [3.8, 4) is 0 Å². The molecule has 1 aliphatic rings. The molecule has 2 aromatic rings. The van der Waals surface area contributed by atoms with Gasteiger partial charge in [0.15, 0.2) is 0 Å². The van der Waals surface area contributed by atoms with Gasteiger partial charge in [0, 0.05) is 39.3 Å². The first-order valence-corrected chi connectivity index (χ1v) is 8.19. The summed E-state index contributed by atoms with van der Waals surface area (Å²) in [5.41, 5.74) is 3.11. The topological polar surface area (TPSA) is 18.5 Å². The van der Waals surface area contributed by atoms with E-state index < -0.39 is 0 Å². The number of benzene rings is 2. The van der Waals surface area contributed by atoms with Crippen molar-refractivity contribution in [2.75, 3.05) is 38.1 Å². The molecule has 1 N–H and O–H groups in total. The van der Waals surface area contributed by atoms with Crippen molar-refractivity contribution in [3.05, 3.63) is 65.5 Å². The van der Waals surface area contributed by atoms with Crippen molar-refractivity contribution in [1.82, 2.24) is 10.2 Å². The molecule has 2 aromatic carbocycles. The number of nitrogens with one attached hydrogen (secondary N) is 1. The van der Waals surface area contributed by atoms with Crippen LogP contribution in [0.15, 0.2) is 48.5 Å². The predicted octanol–water partition coefficient (Wildman–Crippen LogP) is 2.87. The van der Waals surface area contributed by atoms with E-state index in [2.05, 4.69) is 34.3 Å². The monoisotopic (exact) mass is 313 g/mol. The first kappa shape index (κ1) is 16.0. The van der Waals surface area contributed by atoms with Gasteiger partial charge in [0.25, 0.3) is 0 Å². The third kappa shape index (κ3) is 4.30. The Kier molecular flexibility index (Phi) is 5.26. The molecule has 1 aliphatic heterocycles. The number of hydrogen-bond donors (Lipinski definition) is 1. The minimum atomic E-state index is -0.124. The standard InChI is InChI=1S/C19H24FN3/c1-22-9-11-23(12-10-22)19-13-17(7-8-18(19)20)15-21-14-16-5-3-2-4-6-16/h2-8,13,21H,9-12,14-15H2,1H3. The molecule has 0 bridgehead atoms. The molecular formula is C19H24FN3. The van der Waals surface area contributed by atoms with Crippen LogP contribution in [-0.4, -0.2) is 38.1 Å². The fourth-order valence-corrected chi connectivity index (χ4v) is 2.90. The fraction of sp³-hybridized carbons (Fsp3) is 0.368. The summed E-state index contributed by atoms with van der Waals surface area (Å²) < 4.78 is 14.2. The minimum Gasteiger partial charge on any atom is -0.367 e. The molecule has 1 saturated heterocycles. The molecule has 0 saturated carbocycles. The van der Waals surface area contributed by atoms with Gasteiger partial charge in [-0.15, -0.1) is 0 Å². The number of halogens is 1. The van der Waals surface area contributed by atoms with E-state index in [-0.39, 0.29) is 5.82 Å². The van der Waals surface area contributed by atoms with Gasteiger partial charge in [0.1, 0.15) is 5.82 Å². The highest BCUT2D eigenvalue weighted by atomic mass is 19.1.